The minimum Gasteiger partial charge on any atom is -0.394 e. The Morgan fingerprint density at radius 3 is 1.10 bits per heavy atom. The first-order valence-electron chi connectivity index (χ1n) is 28.9. The van der Waals surface area contributed by atoms with Crippen LogP contribution in [0.1, 0.15) is 284 Å². The molecule has 1 fully saturated rings. The number of hydrogen-bond acceptors (Lipinski definition) is 10. The molecule has 0 aromatic carbocycles. The molecule has 1 aliphatic rings. The Balaban J connectivity index is 2.18. The standard InChI is InChI=1S/C56H111NO10/c1-3-5-7-9-11-13-15-16-17-18-19-20-21-22-23-24-25-26-27-28-29-30-31-32-33-34-36-37-39-41-43-48(59)51(61)47(46-66-56-54(64)53(63)52(62)50(45-58)67-56)57-55(65)49(60)44-42-40-38-35-14-12-10-8-6-4-2/h47-54,56,58-64H,3-46H2,1-2H3,(H,57,65). The van der Waals surface area contributed by atoms with Gasteiger partial charge < -0.3 is 50.5 Å². The van der Waals surface area contributed by atoms with Crippen LogP contribution in [0.15, 0.2) is 0 Å². The van der Waals surface area contributed by atoms with E-state index in [1.165, 1.54) is 205 Å². The number of aliphatic hydroxyl groups is 7. The van der Waals surface area contributed by atoms with Gasteiger partial charge in [0.15, 0.2) is 6.29 Å². The van der Waals surface area contributed by atoms with Gasteiger partial charge >= 0.3 is 0 Å². The van der Waals surface area contributed by atoms with Crippen molar-refractivity contribution in [1.82, 2.24) is 5.32 Å². The van der Waals surface area contributed by atoms with Gasteiger partial charge in [-0.2, -0.15) is 0 Å². The number of amides is 1. The van der Waals surface area contributed by atoms with E-state index in [-0.39, 0.29) is 6.42 Å². The molecule has 0 aromatic rings. The number of hydrogen-bond donors (Lipinski definition) is 8. The summed E-state index contributed by atoms with van der Waals surface area (Å²) in [4.78, 5) is 13.1. The van der Waals surface area contributed by atoms with Crippen molar-refractivity contribution >= 4 is 5.91 Å². The molecular formula is C56H111NO10. The summed E-state index contributed by atoms with van der Waals surface area (Å²) in [7, 11) is 0. The lowest BCUT2D eigenvalue weighted by molar-refractivity contribution is -0.303. The molecule has 1 amide bonds. The number of ether oxygens (including phenoxy) is 2. The predicted octanol–water partition coefficient (Wildman–Crippen LogP) is 11.8. The minimum absolute atomic E-state index is 0.265. The Morgan fingerprint density at radius 1 is 0.463 bits per heavy atom. The summed E-state index contributed by atoms with van der Waals surface area (Å²) in [5.41, 5.74) is 0. The van der Waals surface area contributed by atoms with Crippen LogP contribution >= 0.6 is 0 Å². The smallest absolute Gasteiger partial charge is 0.249 e. The maximum atomic E-state index is 13.1. The molecule has 0 spiro atoms. The fraction of sp³-hybridized carbons (Fsp3) is 0.982. The Labute approximate surface area is 411 Å². The molecule has 9 atom stereocenters. The molecule has 1 rings (SSSR count). The van der Waals surface area contributed by atoms with Crippen molar-refractivity contribution in [3.05, 3.63) is 0 Å². The second kappa shape index (κ2) is 46.2. The third kappa shape index (κ3) is 35.0. The number of carbonyl (C=O) groups is 1. The number of rotatable bonds is 50. The molecular weight excluding hydrogens is 847 g/mol. The second-order valence-electron chi connectivity index (χ2n) is 20.7. The highest BCUT2D eigenvalue weighted by molar-refractivity contribution is 5.80. The Kier molecular flexibility index (Phi) is 44.2. The summed E-state index contributed by atoms with van der Waals surface area (Å²) in [5, 5.41) is 75.9. The quantitative estimate of drug-likeness (QED) is 0.0273. The molecule has 0 aromatic heterocycles. The van der Waals surface area contributed by atoms with E-state index in [9.17, 15) is 40.5 Å². The zero-order valence-corrected chi connectivity index (χ0v) is 43.7. The third-order valence-electron chi connectivity index (χ3n) is 14.4. The van der Waals surface area contributed by atoms with Gasteiger partial charge in [-0.3, -0.25) is 4.79 Å². The van der Waals surface area contributed by atoms with Gasteiger partial charge in [0.2, 0.25) is 5.91 Å². The van der Waals surface area contributed by atoms with Gasteiger partial charge in [-0.25, -0.2) is 0 Å². The third-order valence-corrected chi connectivity index (χ3v) is 14.4. The highest BCUT2D eigenvalue weighted by atomic mass is 16.7. The van der Waals surface area contributed by atoms with Crippen LogP contribution in [0.4, 0.5) is 0 Å². The van der Waals surface area contributed by atoms with Crippen LogP contribution in [0.5, 0.6) is 0 Å². The van der Waals surface area contributed by atoms with Gasteiger partial charge in [-0.1, -0.05) is 271 Å². The van der Waals surface area contributed by atoms with Crippen molar-refractivity contribution in [2.45, 2.75) is 339 Å². The van der Waals surface area contributed by atoms with Crippen LogP contribution in [0, 0.1) is 0 Å². The number of nitrogens with one attached hydrogen (secondary N) is 1. The van der Waals surface area contributed by atoms with Crippen molar-refractivity contribution < 1.29 is 50.0 Å². The summed E-state index contributed by atoms with van der Waals surface area (Å²) in [5.74, 6) is -0.694. The summed E-state index contributed by atoms with van der Waals surface area (Å²) in [6.45, 7) is 3.46. The van der Waals surface area contributed by atoms with Crippen molar-refractivity contribution in [2.24, 2.45) is 0 Å². The maximum Gasteiger partial charge on any atom is 0.249 e. The van der Waals surface area contributed by atoms with E-state index in [1.807, 2.05) is 0 Å². The van der Waals surface area contributed by atoms with Crippen LogP contribution in [0.2, 0.25) is 0 Å². The minimum atomic E-state index is -1.66. The molecule has 0 saturated carbocycles. The second-order valence-corrected chi connectivity index (χ2v) is 20.7. The molecule has 1 saturated heterocycles. The Bertz CT molecular complexity index is 1050. The number of unbranched alkanes of at least 4 members (excludes halogenated alkanes) is 38. The van der Waals surface area contributed by atoms with Gasteiger partial charge in [-0.05, 0) is 12.8 Å². The average Bonchev–Trinajstić information content (AvgIpc) is 3.33. The van der Waals surface area contributed by atoms with Crippen LogP contribution < -0.4 is 5.32 Å². The molecule has 1 aliphatic heterocycles. The van der Waals surface area contributed by atoms with Crippen LogP contribution in [-0.4, -0.2) is 110 Å². The molecule has 0 aliphatic carbocycles. The van der Waals surface area contributed by atoms with Gasteiger partial charge in [0, 0.05) is 0 Å². The summed E-state index contributed by atoms with van der Waals surface area (Å²) >= 11 is 0. The van der Waals surface area contributed by atoms with E-state index in [0.717, 1.165) is 38.5 Å². The first kappa shape index (κ1) is 64.1. The van der Waals surface area contributed by atoms with Gasteiger partial charge in [0.1, 0.15) is 36.6 Å². The van der Waals surface area contributed by atoms with E-state index in [4.69, 9.17) is 9.47 Å². The molecule has 1 heterocycles. The first-order chi connectivity index (χ1) is 32.7. The number of carbonyl (C=O) groups excluding carboxylic acids is 1. The van der Waals surface area contributed by atoms with E-state index < -0.39 is 74.2 Å². The van der Waals surface area contributed by atoms with Crippen molar-refractivity contribution in [3.63, 3.8) is 0 Å². The molecule has 8 N–H and O–H groups in total. The normalized spacial score (nSPS) is 20.5. The summed E-state index contributed by atoms with van der Waals surface area (Å²) < 4.78 is 11.1. The summed E-state index contributed by atoms with van der Waals surface area (Å²) in [6, 6.07) is -1.16. The van der Waals surface area contributed by atoms with Crippen LogP contribution in [0.25, 0.3) is 0 Å². The Hall–Kier alpha value is -0.890. The highest BCUT2D eigenvalue weighted by Gasteiger charge is 2.44. The van der Waals surface area contributed by atoms with Crippen molar-refractivity contribution in [2.75, 3.05) is 13.2 Å². The van der Waals surface area contributed by atoms with Crippen molar-refractivity contribution in [1.29, 1.82) is 0 Å². The molecule has 0 bridgehead atoms. The van der Waals surface area contributed by atoms with Crippen LogP contribution in [0.3, 0.4) is 0 Å². The van der Waals surface area contributed by atoms with Gasteiger partial charge in [-0.15, -0.1) is 0 Å². The molecule has 67 heavy (non-hydrogen) atoms. The molecule has 11 heteroatoms. The fourth-order valence-corrected chi connectivity index (χ4v) is 9.68. The Morgan fingerprint density at radius 2 is 0.776 bits per heavy atom. The predicted molar refractivity (Wildman–Crippen MR) is 275 cm³/mol. The van der Waals surface area contributed by atoms with Gasteiger partial charge in [0.25, 0.3) is 0 Å². The molecule has 0 radical (unpaired) electrons. The first-order valence-corrected chi connectivity index (χ1v) is 28.9. The molecule has 400 valence electrons. The zero-order valence-electron chi connectivity index (χ0n) is 43.7. The van der Waals surface area contributed by atoms with E-state index in [1.54, 1.807) is 0 Å². The lowest BCUT2D eigenvalue weighted by Crippen LogP contribution is -2.60. The zero-order chi connectivity index (χ0) is 49.0. The maximum absolute atomic E-state index is 13.1. The fourth-order valence-electron chi connectivity index (χ4n) is 9.68. The van der Waals surface area contributed by atoms with Crippen molar-refractivity contribution in [3.8, 4) is 0 Å². The number of aliphatic hydroxyl groups excluding tert-OH is 7. The largest absolute Gasteiger partial charge is 0.394 e. The summed E-state index contributed by atoms with van der Waals surface area (Å²) in [6.07, 6.45) is 40.5. The molecule has 9 unspecified atom stereocenters. The average molecular weight is 959 g/mol. The lowest BCUT2D eigenvalue weighted by atomic mass is 9.98. The topological polar surface area (TPSA) is 189 Å². The molecule has 11 nitrogen and oxygen atoms in total. The monoisotopic (exact) mass is 958 g/mol. The lowest BCUT2D eigenvalue weighted by Gasteiger charge is -2.40. The highest BCUT2D eigenvalue weighted by Crippen LogP contribution is 2.24. The van der Waals surface area contributed by atoms with E-state index >= 15 is 0 Å². The van der Waals surface area contributed by atoms with E-state index in [2.05, 4.69) is 19.2 Å². The van der Waals surface area contributed by atoms with E-state index in [0.29, 0.717) is 19.3 Å². The van der Waals surface area contributed by atoms with Gasteiger partial charge in [0.05, 0.1) is 25.4 Å². The SMILES string of the molecule is CCCCCCCCCCCCCCCCCCCCCCCCCCCCCCCCC(O)C(O)C(COC1OC(CO)C(O)C(O)C1O)NC(=O)C(O)CCCCCCCCCCCC. The van der Waals surface area contributed by atoms with Crippen LogP contribution in [-0.2, 0) is 14.3 Å².